The minimum absolute atomic E-state index is 0.0547. The molecule has 0 unspecified atom stereocenters. The highest BCUT2D eigenvalue weighted by atomic mass is 16.6. The zero-order valence-electron chi connectivity index (χ0n) is 14.8. The third-order valence-corrected chi connectivity index (χ3v) is 4.06. The number of hydrogen-bond acceptors (Lipinski definition) is 6. The summed E-state index contributed by atoms with van der Waals surface area (Å²) in [5, 5.41) is 24.2. The summed E-state index contributed by atoms with van der Waals surface area (Å²) in [6.45, 7) is 0.0547. The molecule has 0 atom stereocenters. The molecule has 0 fully saturated rings. The minimum atomic E-state index is -0.546. The predicted octanol–water partition coefficient (Wildman–Crippen LogP) is 2.97. The van der Waals surface area contributed by atoms with Crippen molar-refractivity contribution in [1.29, 1.82) is 0 Å². The van der Waals surface area contributed by atoms with E-state index >= 15 is 0 Å². The van der Waals surface area contributed by atoms with E-state index < -0.39 is 15.8 Å². The normalized spacial score (nSPS) is 10.3. The number of nitrogens with one attached hydrogen (secondary N) is 1. The molecule has 0 saturated heterocycles. The van der Waals surface area contributed by atoms with Gasteiger partial charge in [-0.15, -0.1) is 0 Å². The van der Waals surface area contributed by atoms with Crippen molar-refractivity contribution in [3.63, 3.8) is 0 Å². The lowest BCUT2D eigenvalue weighted by Crippen LogP contribution is -2.22. The summed E-state index contributed by atoms with van der Waals surface area (Å²) in [5.41, 5.74) is 0.513. The summed E-state index contributed by atoms with van der Waals surface area (Å²) in [4.78, 5) is 45.1. The summed E-state index contributed by atoms with van der Waals surface area (Å²) in [6, 6.07) is 13.8. The first kappa shape index (κ1) is 19.4. The van der Waals surface area contributed by atoms with Crippen LogP contribution in [0.1, 0.15) is 15.9 Å². The van der Waals surface area contributed by atoms with Crippen molar-refractivity contribution in [2.45, 2.75) is 6.54 Å². The summed E-state index contributed by atoms with van der Waals surface area (Å²) in [7, 11) is 0. The van der Waals surface area contributed by atoms with Crippen LogP contribution in [0.4, 0.5) is 17.1 Å². The van der Waals surface area contributed by atoms with Gasteiger partial charge < -0.3 is 9.88 Å². The zero-order chi connectivity index (χ0) is 21.0. The van der Waals surface area contributed by atoms with Crippen LogP contribution in [0, 0.1) is 20.2 Å². The van der Waals surface area contributed by atoms with E-state index in [4.69, 9.17) is 0 Å². The fourth-order valence-corrected chi connectivity index (χ4v) is 2.62. The van der Waals surface area contributed by atoms with Gasteiger partial charge in [0.1, 0.15) is 0 Å². The van der Waals surface area contributed by atoms with Crippen molar-refractivity contribution in [2.24, 2.45) is 0 Å². The van der Waals surface area contributed by atoms with Crippen molar-refractivity contribution in [3.8, 4) is 0 Å². The van der Waals surface area contributed by atoms with Gasteiger partial charge in [-0.2, -0.15) is 0 Å². The van der Waals surface area contributed by atoms with Crippen LogP contribution in [0.25, 0.3) is 0 Å². The third kappa shape index (κ3) is 4.69. The second-order valence-corrected chi connectivity index (χ2v) is 6.07. The molecule has 10 heteroatoms. The summed E-state index contributed by atoms with van der Waals surface area (Å²) in [5.74, 6) is -0.508. The Kier molecular flexibility index (Phi) is 5.44. The number of nitrogens with zero attached hydrogens (tertiary/aromatic N) is 3. The van der Waals surface area contributed by atoms with E-state index in [1.54, 1.807) is 6.07 Å². The lowest BCUT2D eigenvalue weighted by Gasteiger charge is -2.09. The number of carbonyl (C=O) groups excluding carboxylic acids is 1. The lowest BCUT2D eigenvalue weighted by molar-refractivity contribution is -0.385. The largest absolute Gasteiger partial charge is 0.322 e. The van der Waals surface area contributed by atoms with E-state index in [-0.39, 0.29) is 29.0 Å². The number of pyridine rings is 1. The number of nitro benzene ring substituents is 2. The van der Waals surface area contributed by atoms with Crippen LogP contribution in [0.5, 0.6) is 0 Å². The maximum absolute atomic E-state index is 12.4. The van der Waals surface area contributed by atoms with Crippen LogP contribution in [0.3, 0.4) is 0 Å². The molecule has 1 heterocycles. The molecule has 3 aromatic rings. The molecule has 0 bridgehead atoms. The molecule has 29 heavy (non-hydrogen) atoms. The third-order valence-electron chi connectivity index (χ3n) is 4.06. The molecule has 146 valence electrons. The number of hydrogen-bond donors (Lipinski definition) is 1. The number of amides is 1. The van der Waals surface area contributed by atoms with Crippen molar-refractivity contribution >= 4 is 23.0 Å². The average molecular weight is 394 g/mol. The number of nitro groups is 2. The second-order valence-electron chi connectivity index (χ2n) is 6.07. The number of aromatic nitrogens is 1. The zero-order valence-corrected chi connectivity index (χ0v) is 14.8. The molecule has 0 aliphatic heterocycles. The van der Waals surface area contributed by atoms with E-state index in [0.29, 0.717) is 11.3 Å². The number of anilines is 1. The molecule has 0 aliphatic rings. The van der Waals surface area contributed by atoms with E-state index in [0.717, 1.165) is 0 Å². The first-order valence-electron chi connectivity index (χ1n) is 8.33. The van der Waals surface area contributed by atoms with Crippen molar-refractivity contribution in [3.05, 3.63) is 109 Å². The van der Waals surface area contributed by atoms with Gasteiger partial charge in [0.05, 0.1) is 22.0 Å². The number of carbonyl (C=O) groups is 1. The molecule has 0 spiro atoms. The monoisotopic (exact) mass is 394 g/mol. The van der Waals surface area contributed by atoms with Gasteiger partial charge in [0, 0.05) is 42.2 Å². The van der Waals surface area contributed by atoms with Crippen molar-refractivity contribution < 1.29 is 14.6 Å². The lowest BCUT2D eigenvalue weighted by atomic mass is 10.2. The van der Waals surface area contributed by atoms with Crippen LogP contribution in [-0.4, -0.2) is 20.3 Å². The van der Waals surface area contributed by atoms with Gasteiger partial charge >= 0.3 is 0 Å². The molecule has 1 aromatic heterocycles. The molecule has 10 nitrogen and oxygen atoms in total. The number of benzene rings is 2. The first-order valence-corrected chi connectivity index (χ1v) is 8.33. The molecule has 1 N–H and O–H groups in total. The molecule has 0 aliphatic carbocycles. The number of rotatable bonds is 6. The number of non-ortho nitro benzene ring substituents is 2. The molecule has 0 saturated carbocycles. The summed E-state index contributed by atoms with van der Waals surface area (Å²) < 4.78 is 1.27. The van der Waals surface area contributed by atoms with E-state index in [1.807, 2.05) is 0 Å². The van der Waals surface area contributed by atoms with Crippen molar-refractivity contribution in [1.82, 2.24) is 4.57 Å². The van der Waals surface area contributed by atoms with Gasteiger partial charge in [-0.05, 0) is 23.8 Å². The maximum atomic E-state index is 12.4. The molecular formula is C19H14N4O6. The van der Waals surface area contributed by atoms with Crippen LogP contribution in [-0.2, 0) is 6.54 Å². The Hall–Kier alpha value is -4.34. The van der Waals surface area contributed by atoms with Crippen LogP contribution in [0.2, 0.25) is 0 Å². The van der Waals surface area contributed by atoms with Gasteiger partial charge in [-0.1, -0.05) is 12.1 Å². The minimum Gasteiger partial charge on any atom is -0.322 e. The van der Waals surface area contributed by atoms with Crippen LogP contribution in [0.15, 0.2) is 71.7 Å². The Morgan fingerprint density at radius 1 is 0.931 bits per heavy atom. The Morgan fingerprint density at radius 3 is 2.28 bits per heavy atom. The molecule has 1 amide bonds. The standard InChI is InChI=1S/C19H14N4O6/c24-18-9-4-14(19(25)20-15-5-7-16(8-6-15)22(26)27)12-21(18)11-13-2-1-3-17(10-13)23(28)29/h1-10,12H,11H2,(H,20,25). The molecule has 3 rings (SSSR count). The Bertz CT molecular complexity index is 1150. The second kappa shape index (κ2) is 8.13. The highest BCUT2D eigenvalue weighted by Crippen LogP contribution is 2.17. The van der Waals surface area contributed by atoms with Gasteiger partial charge in [0.25, 0.3) is 22.8 Å². The van der Waals surface area contributed by atoms with E-state index in [2.05, 4.69) is 5.32 Å². The van der Waals surface area contributed by atoms with Crippen molar-refractivity contribution in [2.75, 3.05) is 5.32 Å². The van der Waals surface area contributed by atoms with Gasteiger partial charge in [0.2, 0.25) is 0 Å². The highest BCUT2D eigenvalue weighted by molar-refractivity contribution is 6.04. The van der Waals surface area contributed by atoms with Crippen LogP contribution < -0.4 is 10.9 Å². The van der Waals surface area contributed by atoms with Gasteiger partial charge in [-0.3, -0.25) is 29.8 Å². The molecular weight excluding hydrogens is 380 g/mol. The van der Waals surface area contributed by atoms with E-state index in [1.165, 1.54) is 65.4 Å². The Balaban J connectivity index is 1.80. The summed E-state index contributed by atoms with van der Waals surface area (Å²) in [6.07, 6.45) is 1.35. The fraction of sp³-hybridized carbons (Fsp3) is 0.0526. The predicted molar refractivity (Wildman–Crippen MR) is 104 cm³/mol. The van der Waals surface area contributed by atoms with Gasteiger partial charge in [-0.25, -0.2) is 0 Å². The molecule has 0 radical (unpaired) electrons. The highest BCUT2D eigenvalue weighted by Gasteiger charge is 2.11. The van der Waals surface area contributed by atoms with Gasteiger partial charge in [0.15, 0.2) is 0 Å². The first-order chi connectivity index (χ1) is 13.8. The van der Waals surface area contributed by atoms with E-state index in [9.17, 15) is 29.8 Å². The quantitative estimate of drug-likeness (QED) is 0.504. The van der Waals surface area contributed by atoms with Crippen LogP contribution >= 0.6 is 0 Å². The SMILES string of the molecule is O=C(Nc1ccc([N+](=O)[O-])cc1)c1ccc(=O)n(Cc2cccc([N+](=O)[O-])c2)c1. The smallest absolute Gasteiger partial charge is 0.269 e. The average Bonchev–Trinajstić information content (AvgIpc) is 2.70. The molecule has 2 aromatic carbocycles. The maximum Gasteiger partial charge on any atom is 0.269 e. The Labute approximate surface area is 163 Å². The Morgan fingerprint density at radius 2 is 1.62 bits per heavy atom. The summed E-state index contributed by atoms with van der Waals surface area (Å²) >= 11 is 0. The fourth-order valence-electron chi connectivity index (χ4n) is 2.62. The topological polar surface area (TPSA) is 137 Å².